The van der Waals surface area contributed by atoms with Crippen LogP contribution in [0.5, 0.6) is 17.2 Å². The van der Waals surface area contributed by atoms with E-state index in [0.717, 1.165) is 5.56 Å². The van der Waals surface area contributed by atoms with Crippen LogP contribution in [0.3, 0.4) is 0 Å². The number of halogens is 1. The Morgan fingerprint density at radius 1 is 0.923 bits per heavy atom. The van der Waals surface area contributed by atoms with Gasteiger partial charge in [-0.1, -0.05) is 31.5 Å². The van der Waals surface area contributed by atoms with Gasteiger partial charge < -0.3 is 14.2 Å². The fourth-order valence-electron chi connectivity index (χ4n) is 2.40. The van der Waals surface area contributed by atoms with Crippen molar-refractivity contribution >= 4 is 27.3 Å². The van der Waals surface area contributed by atoms with E-state index >= 15 is 0 Å². The third-order valence-corrected chi connectivity index (χ3v) is 5.54. The van der Waals surface area contributed by atoms with Crippen molar-refractivity contribution in [3.63, 3.8) is 0 Å². The fourth-order valence-corrected chi connectivity index (χ4v) is 3.90. The second kappa shape index (κ2) is 8.05. The van der Waals surface area contributed by atoms with Crippen LogP contribution in [-0.2, 0) is 10.0 Å². The van der Waals surface area contributed by atoms with E-state index in [-0.39, 0.29) is 28.0 Å². The van der Waals surface area contributed by atoms with Crippen LogP contribution in [-0.4, -0.2) is 29.7 Å². The average molecular weight is 400 g/mol. The predicted octanol–water partition coefficient (Wildman–Crippen LogP) is 4.29. The minimum Gasteiger partial charge on any atom is -0.495 e. The van der Waals surface area contributed by atoms with Crippen LogP contribution >= 0.6 is 11.6 Å². The monoisotopic (exact) mass is 399 g/mol. The smallest absolute Gasteiger partial charge is 0.265 e. The van der Waals surface area contributed by atoms with Gasteiger partial charge in [0, 0.05) is 12.1 Å². The molecule has 26 heavy (non-hydrogen) atoms. The Bertz CT molecular complexity index is 897. The molecule has 8 heteroatoms. The average Bonchev–Trinajstić information content (AvgIpc) is 2.61. The van der Waals surface area contributed by atoms with E-state index in [1.165, 1.54) is 33.5 Å². The lowest BCUT2D eigenvalue weighted by atomic mass is 10.0. The first-order valence-corrected chi connectivity index (χ1v) is 9.71. The van der Waals surface area contributed by atoms with Gasteiger partial charge in [0.2, 0.25) is 0 Å². The number of benzene rings is 2. The Kier molecular flexibility index (Phi) is 6.26. The topological polar surface area (TPSA) is 73.9 Å². The highest BCUT2D eigenvalue weighted by Crippen LogP contribution is 2.38. The predicted molar refractivity (Wildman–Crippen MR) is 102 cm³/mol. The molecule has 0 spiro atoms. The third-order valence-electron chi connectivity index (χ3n) is 3.86. The molecule has 0 unspecified atom stereocenters. The molecule has 2 aromatic carbocycles. The van der Waals surface area contributed by atoms with Crippen molar-refractivity contribution in [1.29, 1.82) is 0 Å². The molecule has 142 valence electrons. The summed E-state index contributed by atoms with van der Waals surface area (Å²) in [5.41, 5.74) is 1.09. The highest BCUT2D eigenvalue weighted by atomic mass is 35.5. The largest absolute Gasteiger partial charge is 0.495 e. The number of hydrogen-bond acceptors (Lipinski definition) is 5. The van der Waals surface area contributed by atoms with Gasteiger partial charge in [-0.15, -0.1) is 0 Å². The summed E-state index contributed by atoms with van der Waals surface area (Å²) in [6.07, 6.45) is 0. The SMILES string of the molecule is COc1cc(NS(=O)(=O)c2cc(C(C)C)ccc2OC)c(OC)cc1Cl. The Morgan fingerprint density at radius 2 is 1.54 bits per heavy atom. The maximum Gasteiger partial charge on any atom is 0.265 e. The second-order valence-corrected chi connectivity index (χ2v) is 7.92. The van der Waals surface area contributed by atoms with Crippen molar-refractivity contribution in [2.24, 2.45) is 0 Å². The molecule has 2 rings (SSSR count). The van der Waals surface area contributed by atoms with E-state index < -0.39 is 10.0 Å². The van der Waals surface area contributed by atoms with Gasteiger partial charge in [-0.05, 0) is 23.6 Å². The quantitative estimate of drug-likeness (QED) is 0.751. The van der Waals surface area contributed by atoms with Gasteiger partial charge in [0.1, 0.15) is 22.1 Å². The Balaban J connectivity index is 2.54. The Labute approximate surface area is 159 Å². The van der Waals surface area contributed by atoms with E-state index in [2.05, 4.69) is 4.72 Å². The van der Waals surface area contributed by atoms with Crippen LogP contribution < -0.4 is 18.9 Å². The van der Waals surface area contributed by atoms with E-state index in [9.17, 15) is 8.42 Å². The van der Waals surface area contributed by atoms with E-state index in [1.54, 1.807) is 12.1 Å². The van der Waals surface area contributed by atoms with Crippen molar-refractivity contribution in [2.75, 3.05) is 26.1 Å². The first kappa shape index (κ1) is 20.2. The van der Waals surface area contributed by atoms with Crippen molar-refractivity contribution in [3.05, 3.63) is 40.9 Å². The summed E-state index contributed by atoms with van der Waals surface area (Å²) in [6.45, 7) is 3.97. The van der Waals surface area contributed by atoms with Gasteiger partial charge in [0.25, 0.3) is 10.0 Å². The van der Waals surface area contributed by atoms with Gasteiger partial charge in [0.15, 0.2) is 0 Å². The number of sulfonamides is 1. The fraction of sp³-hybridized carbons (Fsp3) is 0.333. The van der Waals surface area contributed by atoms with Crippen LogP contribution in [0.25, 0.3) is 0 Å². The maximum absolute atomic E-state index is 13.0. The Hall–Kier alpha value is -2.12. The molecule has 2 aromatic rings. The van der Waals surface area contributed by atoms with Gasteiger partial charge in [-0.3, -0.25) is 4.72 Å². The minimum atomic E-state index is -3.94. The molecule has 0 atom stereocenters. The molecule has 0 fully saturated rings. The summed E-state index contributed by atoms with van der Waals surface area (Å²) in [6, 6.07) is 8.04. The summed E-state index contributed by atoms with van der Waals surface area (Å²) in [7, 11) is 0.362. The van der Waals surface area contributed by atoms with Gasteiger partial charge in [-0.25, -0.2) is 8.42 Å². The summed E-state index contributed by atoms with van der Waals surface area (Å²) >= 11 is 6.07. The molecule has 0 bridgehead atoms. The molecule has 0 aromatic heterocycles. The molecule has 0 saturated carbocycles. The number of anilines is 1. The summed E-state index contributed by atoms with van der Waals surface area (Å²) < 4.78 is 44.1. The molecule has 0 radical (unpaired) electrons. The lowest BCUT2D eigenvalue weighted by molar-refractivity contribution is 0.402. The highest BCUT2D eigenvalue weighted by Gasteiger charge is 2.23. The lowest BCUT2D eigenvalue weighted by Crippen LogP contribution is -2.15. The second-order valence-electron chi connectivity index (χ2n) is 5.86. The first-order valence-electron chi connectivity index (χ1n) is 7.85. The molecule has 6 nitrogen and oxygen atoms in total. The van der Waals surface area contributed by atoms with Crippen LogP contribution in [0.15, 0.2) is 35.2 Å². The minimum absolute atomic E-state index is 0.0437. The molecule has 0 aliphatic heterocycles. The maximum atomic E-state index is 13.0. The number of hydrogen-bond donors (Lipinski definition) is 1. The molecule has 0 aliphatic carbocycles. The van der Waals surface area contributed by atoms with Crippen molar-refractivity contribution in [2.45, 2.75) is 24.7 Å². The molecule has 1 N–H and O–H groups in total. The number of rotatable bonds is 7. The van der Waals surface area contributed by atoms with Crippen molar-refractivity contribution < 1.29 is 22.6 Å². The zero-order valence-electron chi connectivity index (χ0n) is 15.3. The third kappa shape index (κ3) is 4.16. The van der Waals surface area contributed by atoms with Crippen LogP contribution in [0.4, 0.5) is 5.69 Å². The zero-order valence-corrected chi connectivity index (χ0v) is 16.9. The van der Waals surface area contributed by atoms with Gasteiger partial charge in [0.05, 0.1) is 32.0 Å². The van der Waals surface area contributed by atoms with Gasteiger partial charge >= 0.3 is 0 Å². The highest BCUT2D eigenvalue weighted by molar-refractivity contribution is 7.92. The number of nitrogens with one attached hydrogen (secondary N) is 1. The molecule has 0 amide bonds. The van der Waals surface area contributed by atoms with Crippen LogP contribution in [0, 0.1) is 0 Å². The Morgan fingerprint density at radius 3 is 2.08 bits per heavy atom. The van der Waals surface area contributed by atoms with Crippen LogP contribution in [0.1, 0.15) is 25.3 Å². The summed E-state index contributed by atoms with van der Waals surface area (Å²) in [5, 5.41) is 0.312. The molecule has 0 heterocycles. The van der Waals surface area contributed by atoms with Crippen molar-refractivity contribution in [3.8, 4) is 17.2 Å². The van der Waals surface area contributed by atoms with E-state index in [0.29, 0.717) is 10.8 Å². The number of ether oxygens (including phenoxy) is 3. The number of methoxy groups -OCH3 is 3. The normalized spacial score (nSPS) is 11.3. The molecule has 0 saturated heterocycles. The standard InChI is InChI=1S/C18H22ClNO5S/c1-11(2)12-6-7-15(23-3)18(8-12)26(21,22)20-14-10-16(24-4)13(19)9-17(14)25-5/h6-11,20H,1-5H3. The molecule has 0 aliphatic rings. The van der Waals surface area contributed by atoms with Crippen molar-refractivity contribution in [1.82, 2.24) is 0 Å². The molecular weight excluding hydrogens is 378 g/mol. The lowest BCUT2D eigenvalue weighted by Gasteiger charge is -2.17. The zero-order chi connectivity index (χ0) is 19.5. The summed E-state index contributed by atoms with van der Waals surface area (Å²) in [4.78, 5) is 0.0437. The van der Waals surface area contributed by atoms with Gasteiger partial charge in [-0.2, -0.15) is 0 Å². The van der Waals surface area contributed by atoms with E-state index in [4.69, 9.17) is 25.8 Å². The van der Waals surface area contributed by atoms with E-state index in [1.807, 2.05) is 19.9 Å². The first-order chi connectivity index (χ1) is 12.2. The molecular formula is C18H22ClNO5S. The van der Waals surface area contributed by atoms with Crippen LogP contribution in [0.2, 0.25) is 5.02 Å². The summed E-state index contributed by atoms with van der Waals surface area (Å²) in [5.74, 6) is 1.02.